The van der Waals surface area contributed by atoms with Crippen LogP contribution in [0, 0.1) is 12.3 Å². The third kappa shape index (κ3) is 3.79. The van der Waals surface area contributed by atoms with E-state index in [1.807, 2.05) is 45.0 Å². The van der Waals surface area contributed by atoms with Gasteiger partial charge in [0.15, 0.2) is 0 Å². The van der Waals surface area contributed by atoms with Gasteiger partial charge >= 0.3 is 0 Å². The summed E-state index contributed by atoms with van der Waals surface area (Å²) in [5.74, 6) is -0.162. The number of aliphatic hydroxyl groups is 1. The fourth-order valence-electron chi connectivity index (χ4n) is 2.54. The van der Waals surface area contributed by atoms with Gasteiger partial charge in [0.05, 0.1) is 24.1 Å². The van der Waals surface area contributed by atoms with E-state index in [4.69, 9.17) is 0 Å². The van der Waals surface area contributed by atoms with Crippen LogP contribution in [0.1, 0.15) is 42.6 Å². The van der Waals surface area contributed by atoms with Crippen molar-refractivity contribution in [1.29, 1.82) is 0 Å². The van der Waals surface area contributed by atoms with Crippen LogP contribution in [0.3, 0.4) is 0 Å². The monoisotopic (exact) mass is 315 g/mol. The summed E-state index contributed by atoms with van der Waals surface area (Å²) in [6.07, 6.45) is 4.95. The lowest BCUT2D eigenvalue weighted by Gasteiger charge is -2.29. The number of amides is 1. The second-order valence-corrected chi connectivity index (χ2v) is 6.01. The molecular weight excluding hydrogens is 290 g/mol. The summed E-state index contributed by atoms with van der Waals surface area (Å²) in [6.45, 7) is 6.60. The first-order valence-electron chi connectivity index (χ1n) is 8.05. The lowest BCUT2D eigenvalue weighted by molar-refractivity contribution is 0.0851. The lowest BCUT2D eigenvalue weighted by atomic mass is 9.83. The Bertz CT molecular complexity index is 652. The van der Waals surface area contributed by atoms with Crippen LogP contribution in [0.5, 0.6) is 0 Å². The van der Waals surface area contributed by atoms with E-state index in [1.165, 1.54) is 0 Å². The molecule has 0 saturated carbocycles. The predicted molar refractivity (Wildman–Crippen MR) is 90.7 cm³/mol. The number of benzene rings is 1. The van der Waals surface area contributed by atoms with Gasteiger partial charge in [0.25, 0.3) is 5.91 Å². The molecule has 5 nitrogen and oxygen atoms in total. The standard InChI is InChI=1S/C18H25N3O2/c1-4-18(5-2,13-22)12-19-17(23)15-10-20-21(11-15)16-9-7-6-8-14(16)3/h6-11,22H,4-5,12-13H2,1-3H3,(H,19,23). The molecule has 124 valence electrons. The van der Waals surface area contributed by atoms with Crippen LogP contribution in [0.15, 0.2) is 36.7 Å². The summed E-state index contributed by atoms with van der Waals surface area (Å²) in [5, 5.41) is 16.8. The summed E-state index contributed by atoms with van der Waals surface area (Å²) in [7, 11) is 0. The van der Waals surface area contributed by atoms with Gasteiger partial charge in [-0.1, -0.05) is 32.0 Å². The van der Waals surface area contributed by atoms with Crippen molar-refractivity contribution in [3.8, 4) is 5.69 Å². The van der Waals surface area contributed by atoms with E-state index in [-0.39, 0.29) is 17.9 Å². The van der Waals surface area contributed by atoms with E-state index in [0.717, 1.165) is 24.1 Å². The molecule has 0 aliphatic carbocycles. The minimum atomic E-state index is -0.248. The number of carbonyl (C=O) groups is 1. The number of para-hydroxylation sites is 1. The summed E-state index contributed by atoms with van der Waals surface area (Å²) < 4.78 is 1.71. The lowest BCUT2D eigenvalue weighted by Crippen LogP contribution is -2.39. The third-order valence-electron chi connectivity index (χ3n) is 4.67. The molecule has 0 bridgehead atoms. The number of hydrogen-bond acceptors (Lipinski definition) is 3. The maximum atomic E-state index is 12.3. The van der Waals surface area contributed by atoms with E-state index in [9.17, 15) is 9.90 Å². The Kier molecular flexibility index (Phi) is 5.55. The molecule has 23 heavy (non-hydrogen) atoms. The summed E-state index contributed by atoms with van der Waals surface area (Å²) in [4.78, 5) is 12.3. The Balaban J connectivity index is 2.09. The summed E-state index contributed by atoms with van der Waals surface area (Å²) >= 11 is 0. The van der Waals surface area contributed by atoms with Crippen molar-refractivity contribution in [2.75, 3.05) is 13.2 Å². The Hall–Kier alpha value is -2.14. The summed E-state index contributed by atoms with van der Waals surface area (Å²) in [5.41, 5.74) is 2.33. The van der Waals surface area contributed by atoms with Crippen LogP contribution in [-0.2, 0) is 0 Å². The molecule has 0 spiro atoms. The molecule has 0 aliphatic heterocycles. The number of nitrogens with zero attached hydrogens (tertiary/aromatic N) is 2. The van der Waals surface area contributed by atoms with Crippen LogP contribution in [0.2, 0.25) is 0 Å². The first kappa shape index (κ1) is 17.2. The zero-order chi connectivity index (χ0) is 16.9. The van der Waals surface area contributed by atoms with Gasteiger partial charge in [-0.05, 0) is 31.4 Å². The molecule has 2 aromatic rings. The molecule has 1 aromatic heterocycles. The van der Waals surface area contributed by atoms with Crippen LogP contribution in [0.4, 0.5) is 0 Å². The molecule has 0 atom stereocenters. The van der Waals surface area contributed by atoms with E-state index >= 15 is 0 Å². The Morgan fingerprint density at radius 1 is 1.30 bits per heavy atom. The van der Waals surface area contributed by atoms with Gasteiger partial charge in [-0.2, -0.15) is 5.10 Å². The molecule has 5 heteroatoms. The number of hydrogen-bond donors (Lipinski definition) is 2. The fraction of sp³-hybridized carbons (Fsp3) is 0.444. The Morgan fingerprint density at radius 3 is 2.61 bits per heavy atom. The average Bonchev–Trinajstić information content (AvgIpc) is 3.07. The number of rotatable bonds is 7. The highest BCUT2D eigenvalue weighted by atomic mass is 16.3. The van der Waals surface area contributed by atoms with Crippen molar-refractivity contribution in [2.24, 2.45) is 5.41 Å². The first-order chi connectivity index (χ1) is 11.0. The van der Waals surface area contributed by atoms with Gasteiger partial charge in [0.1, 0.15) is 0 Å². The van der Waals surface area contributed by atoms with Gasteiger partial charge in [0.2, 0.25) is 0 Å². The zero-order valence-electron chi connectivity index (χ0n) is 14.0. The first-order valence-corrected chi connectivity index (χ1v) is 8.05. The van der Waals surface area contributed by atoms with E-state index in [2.05, 4.69) is 10.4 Å². The van der Waals surface area contributed by atoms with Crippen LogP contribution < -0.4 is 5.32 Å². The van der Waals surface area contributed by atoms with Gasteiger partial charge in [-0.3, -0.25) is 4.79 Å². The van der Waals surface area contributed by atoms with E-state index < -0.39 is 0 Å². The highest BCUT2D eigenvalue weighted by molar-refractivity contribution is 5.93. The minimum Gasteiger partial charge on any atom is -0.396 e. The zero-order valence-corrected chi connectivity index (χ0v) is 14.0. The number of aryl methyl sites for hydroxylation is 1. The van der Waals surface area contributed by atoms with Crippen molar-refractivity contribution in [2.45, 2.75) is 33.6 Å². The van der Waals surface area contributed by atoms with Crippen molar-refractivity contribution in [3.63, 3.8) is 0 Å². The molecule has 2 N–H and O–H groups in total. The predicted octanol–water partition coefficient (Wildman–Crippen LogP) is 2.71. The SMILES string of the molecule is CCC(CC)(CO)CNC(=O)c1cnn(-c2ccccc2C)c1. The minimum absolute atomic E-state index is 0.0722. The Labute approximate surface area is 137 Å². The second kappa shape index (κ2) is 7.42. The van der Waals surface area contributed by atoms with Crippen LogP contribution >= 0.6 is 0 Å². The van der Waals surface area contributed by atoms with Crippen LogP contribution in [0.25, 0.3) is 5.69 Å². The number of carbonyl (C=O) groups excluding carboxylic acids is 1. The van der Waals surface area contributed by atoms with E-state index in [1.54, 1.807) is 17.1 Å². The average molecular weight is 315 g/mol. The third-order valence-corrected chi connectivity index (χ3v) is 4.67. The molecule has 0 fully saturated rings. The van der Waals surface area contributed by atoms with Crippen molar-refractivity contribution < 1.29 is 9.90 Å². The maximum absolute atomic E-state index is 12.3. The van der Waals surface area contributed by atoms with Gasteiger partial charge in [-0.15, -0.1) is 0 Å². The molecule has 0 aliphatic rings. The van der Waals surface area contributed by atoms with Crippen molar-refractivity contribution in [3.05, 3.63) is 47.8 Å². The molecule has 0 saturated heterocycles. The number of nitrogens with one attached hydrogen (secondary N) is 1. The highest BCUT2D eigenvalue weighted by Crippen LogP contribution is 2.24. The number of aliphatic hydroxyl groups excluding tert-OH is 1. The molecule has 0 unspecified atom stereocenters. The topological polar surface area (TPSA) is 67.2 Å². The molecule has 1 heterocycles. The Morgan fingerprint density at radius 2 is 2.00 bits per heavy atom. The second-order valence-electron chi connectivity index (χ2n) is 6.01. The fourth-order valence-corrected chi connectivity index (χ4v) is 2.54. The van der Waals surface area contributed by atoms with Crippen LogP contribution in [-0.4, -0.2) is 33.9 Å². The molecule has 1 amide bonds. The molecule has 1 aromatic carbocycles. The van der Waals surface area contributed by atoms with Gasteiger partial charge < -0.3 is 10.4 Å². The van der Waals surface area contributed by atoms with Crippen molar-refractivity contribution >= 4 is 5.91 Å². The maximum Gasteiger partial charge on any atom is 0.254 e. The molecule has 0 radical (unpaired) electrons. The number of aromatic nitrogens is 2. The van der Waals surface area contributed by atoms with Crippen molar-refractivity contribution in [1.82, 2.24) is 15.1 Å². The summed E-state index contributed by atoms with van der Waals surface area (Å²) in [6, 6.07) is 7.89. The smallest absolute Gasteiger partial charge is 0.254 e. The largest absolute Gasteiger partial charge is 0.396 e. The molecule has 2 rings (SSSR count). The normalized spacial score (nSPS) is 11.5. The van der Waals surface area contributed by atoms with Gasteiger partial charge in [-0.25, -0.2) is 4.68 Å². The quantitative estimate of drug-likeness (QED) is 0.825. The highest BCUT2D eigenvalue weighted by Gasteiger charge is 2.26. The van der Waals surface area contributed by atoms with E-state index in [0.29, 0.717) is 12.1 Å². The van der Waals surface area contributed by atoms with Gasteiger partial charge in [0, 0.05) is 18.2 Å². The molecular formula is C18H25N3O2.